The monoisotopic (exact) mass is 477 g/mol. The number of hydrogen-bond acceptors (Lipinski definition) is 5. The number of aryl methyl sites for hydroxylation is 1. The minimum atomic E-state index is -3.61. The smallest absolute Gasteiger partial charge is 0.347 e. The van der Waals surface area contributed by atoms with E-state index in [1.165, 1.54) is 24.4 Å². The van der Waals surface area contributed by atoms with Crippen LogP contribution in [0.3, 0.4) is 0 Å². The van der Waals surface area contributed by atoms with Gasteiger partial charge in [0.2, 0.25) is 5.91 Å². The van der Waals surface area contributed by atoms with Gasteiger partial charge in [0.1, 0.15) is 17.7 Å². The van der Waals surface area contributed by atoms with E-state index in [0.717, 1.165) is 29.0 Å². The molecule has 1 aliphatic rings. The standard InChI is InChI=1S/C22H19F4N5O3/c23-15-4-3-5-16(24)14(15)11-28-20(32)17-8-7-13-10-27-19(21(33)31(13)17)29-12-22(25,26)18-6-1-2-9-30(18)34/h1-6,9-10,17H,7-8,11-12H2,(H,27,29)(H,28,32)/t17-/m0/s1. The number of rotatable bonds is 7. The molecular weight excluding hydrogens is 458 g/mol. The van der Waals surface area contributed by atoms with E-state index >= 15 is 0 Å². The third-order valence-electron chi connectivity index (χ3n) is 5.54. The highest BCUT2D eigenvalue weighted by Crippen LogP contribution is 2.27. The molecular formula is C22H19F4N5O3. The number of benzene rings is 1. The first-order valence-electron chi connectivity index (χ1n) is 10.3. The number of amides is 1. The normalized spacial score (nSPS) is 15.1. The molecule has 0 saturated carbocycles. The fourth-order valence-corrected chi connectivity index (χ4v) is 3.80. The highest BCUT2D eigenvalue weighted by Gasteiger charge is 2.40. The maximum absolute atomic E-state index is 14.5. The first-order chi connectivity index (χ1) is 16.2. The number of hydrogen-bond donors (Lipinski definition) is 2. The van der Waals surface area contributed by atoms with Gasteiger partial charge in [0, 0.05) is 36.1 Å². The lowest BCUT2D eigenvalue weighted by Crippen LogP contribution is -2.42. The molecule has 8 nitrogen and oxygen atoms in total. The molecule has 3 heterocycles. The van der Waals surface area contributed by atoms with Crippen molar-refractivity contribution < 1.29 is 27.1 Å². The van der Waals surface area contributed by atoms with Crippen molar-refractivity contribution in [3.8, 4) is 0 Å². The van der Waals surface area contributed by atoms with Gasteiger partial charge in [-0.15, -0.1) is 0 Å². The predicted molar refractivity (Wildman–Crippen MR) is 112 cm³/mol. The van der Waals surface area contributed by atoms with E-state index in [2.05, 4.69) is 15.6 Å². The molecule has 4 rings (SSSR count). The number of fused-ring (bicyclic) bond motifs is 1. The van der Waals surface area contributed by atoms with Crippen LogP contribution in [0.1, 0.15) is 29.4 Å². The minimum absolute atomic E-state index is 0.0312. The molecule has 1 aromatic carbocycles. The van der Waals surface area contributed by atoms with Crippen LogP contribution in [-0.4, -0.2) is 22.0 Å². The van der Waals surface area contributed by atoms with Crippen LogP contribution >= 0.6 is 0 Å². The largest absolute Gasteiger partial charge is 0.618 e. The van der Waals surface area contributed by atoms with Crippen LogP contribution in [0, 0.1) is 16.8 Å². The lowest BCUT2D eigenvalue weighted by molar-refractivity contribution is -0.624. The Morgan fingerprint density at radius 1 is 1.21 bits per heavy atom. The summed E-state index contributed by atoms with van der Waals surface area (Å²) in [6.45, 7) is -1.50. The Bertz CT molecular complexity index is 1280. The molecule has 0 unspecified atom stereocenters. The van der Waals surface area contributed by atoms with Gasteiger partial charge in [-0.05, 0) is 31.0 Å². The first kappa shape index (κ1) is 23.2. The number of carbonyl (C=O) groups excluding carboxylic acids is 1. The zero-order valence-electron chi connectivity index (χ0n) is 17.6. The second-order valence-electron chi connectivity index (χ2n) is 7.72. The molecule has 34 heavy (non-hydrogen) atoms. The molecule has 0 bridgehead atoms. The van der Waals surface area contributed by atoms with Crippen LogP contribution in [0.4, 0.5) is 23.4 Å². The van der Waals surface area contributed by atoms with E-state index in [9.17, 15) is 32.4 Å². The van der Waals surface area contributed by atoms with Gasteiger partial charge in [0.15, 0.2) is 12.0 Å². The molecule has 0 radical (unpaired) electrons. The van der Waals surface area contributed by atoms with Gasteiger partial charge in [-0.2, -0.15) is 13.5 Å². The van der Waals surface area contributed by atoms with Crippen molar-refractivity contribution in [1.82, 2.24) is 14.9 Å². The molecule has 1 amide bonds. The third-order valence-corrected chi connectivity index (χ3v) is 5.54. The van der Waals surface area contributed by atoms with Crippen molar-refractivity contribution in [3.05, 3.63) is 92.9 Å². The second-order valence-corrected chi connectivity index (χ2v) is 7.72. The second kappa shape index (κ2) is 9.12. The maximum Gasteiger partial charge on any atom is 0.347 e. The molecule has 0 saturated heterocycles. The van der Waals surface area contributed by atoms with E-state index in [0.29, 0.717) is 12.1 Å². The fourth-order valence-electron chi connectivity index (χ4n) is 3.80. The Labute approximate surface area is 190 Å². The summed E-state index contributed by atoms with van der Waals surface area (Å²) in [4.78, 5) is 29.5. The Balaban J connectivity index is 1.50. The average molecular weight is 477 g/mol. The van der Waals surface area contributed by atoms with Crippen LogP contribution in [0.5, 0.6) is 0 Å². The summed E-state index contributed by atoms with van der Waals surface area (Å²) in [6.07, 6.45) is 2.78. The van der Waals surface area contributed by atoms with Crippen molar-refractivity contribution in [1.29, 1.82) is 0 Å². The topological polar surface area (TPSA) is 103 Å². The Kier molecular flexibility index (Phi) is 6.22. The zero-order valence-corrected chi connectivity index (χ0v) is 17.6. The van der Waals surface area contributed by atoms with Crippen LogP contribution in [-0.2, 0) is 23.7 Å². The van der Waals surface area contributed by atoms with Crippen molar-refractivity contribution in [2.75, 3.05) is 11.9 Å². The van der Waals surface area contributed by atoms with E-state index in [1.54, 1.807) is 0 Å². The summed E-state index contributed by atoms with van der Waals surface area (Å²) in [7, 11) is 0. The molecule has 0 aliphatic carbocycles. The van der Waals surface area contributed by atoms with E-state index < -0.39 is 59.7 Å². The molecule has 2 N–H and O–H groups in total. The number of carbonyl (C=O) groups is 1. The summed E-state index contributed by atoms with van der Waals surface area (Å²) in [5.41, 5.74) is -1.51. The van der Waals surface area contributed by atoms with Crippen molar-refractivity contribution in [2.24, 2.45) is 0 Å². The molecule has 1 atom stereocenters. The summed E-state index contributed by atoms with van der Waals surface area (Å²) < 4.78 is 57.8. The summed E-state index contributed by atoms with van der Waals surface area (Å²) in [5, 5.41) is 16.3. The van der Waals surface area contributed by atoms with Gasteiger partial charge in [0.25, 0.3) is 11.3 Å². The number of pyridine rings is 1. The van der Waals surface area contributed by atoms with Crippen LogP contribution < -0.4 is 20.9 Å². The van der Waals surface area contributed by atoms with Crippen LogP contribution in [0.15, 0.2) is 53.6 Å². The molecule has 0 fully saturated rings. The highest BCUT2D eigenvalue weighted by molar-refractivity contribution is 5.81. The molecule has 12 heteroatoms. The SMILES string of the molecule is O=C(NCc1c(F)cccc1F)[C@@H]1CCc2cnc(NCC(F)(F)c3cccc[n+]3[O-])c(=O)n21. The van der Waals surface area contributed by atoms with Gasteiger partial charge in [-0.25, -0.2) is 13.8 Å². The number of halogens is 4. The fraction of sp³-hybridized carbons (Fsp3) is 0.273. The summed E-state index contributed by atoms with van der Waals surface area (Å²) >= 11 is 0. The van der Waals surface area contributed by atoms with Crippen molar-refractivity contribution >= 4 is 11.7 Å². The van der Waals surface area contributed by atoms with Gasteiger partial charge in [-0.3, -0.25) is 14.2 Å². The number of nitrogens with one attached hydrogen (secondary N) is 2. The van der Waals surface area contributed by atoms with E-state index in [1.807, 2.05) is 0 Å². The Morgan fingerprint density at radius 3 is 2.65 bits per heavy atom. The average Bonchev–Trinajstić information content (AvgIpc) is 3.23. The molecule has 3 aromatic rings. The van der Waals surface area contributed by atoms with Gasteiger partial charge >= 0.3 is 5.92 Å². The molecule has 1 aliphatic heterocycles. The molecule has 0 spiro atoms. The lowest BCUT2D eigenvalue weighted by Gasteiger charge is -2.18. The van der Waals surface area contributed by atoms with Crippen molar-refractivity contribution in [3.63, 3.8) is 0 Å². The van der Waals surface area contributed by atoms with Crippen LogP contribution in [0.25, 0.3) is 0 Å². The Morgan fingerprint density at radius 2 is 1.94 bits per heavy atom. The highest BCUT2D eigenvalue weighted by atomic mass is 19.3. The van der Waals surface area contributed by atoms with Crippen molar-refractivity contribution in [2.45, 2.75) is 31.4 Å². The van der Waals surface area contributed by atoms with E-state index in [-0.39, 0.29) is 16.7 Å². The zero-order chi connectivity index (χ0) is 24.5. The Hall–Kier alpha value is -3.96. The quantitative estimate of drug-likeness (QED) is 0.309. The van der Waals surface area contributed by atoms with E-state index in [4.69, 9.17) is 0 Å². The lowest BCUT2D eigenvalue weighted by atomic mass is 10.1. The number of aromatic nitrogens is 3. The number of nitrogens with zero attached hydrogens (tertiary/aromatic N) is 3. The maximum atomic E-state index is 14.5. The summed E-state index contributed by atoms with van der Waals surface area (Å²) in [5.74, 6) is -6.32. The van der Waals surface area contributed by atoms with Gasteiger partial charge < -0.3 is 15.8 Å². The minimum Gasteiger partial charge on any atom is -0.618 e. The van der Waals surface area contributed by atoms with Crippen LogP contribution in [0.2, 0.25) is 0 Å². The molecule has 2 aromatic heterocycles. The molecule has 178 valence electrons. The first-order valence-corrected chi connectivity index (χ1v) is 10.3. The van der Waals surface area contributed by atoms with Gasteiger partial charge in [0.05, 0.1) is 6.54 Å². The number of alkyl halides is 2. The predicted octanol–water partition coefficient (Wildman–Crippen LogP) is 2.16. The third kappa shape index (κ3) is 4.43. The van der Waals surface area contributed by atoms with Gasteiger partial charge in [-0.1, -0.05) is 6.07 Å². The number of anilines is 1. The summed E-state index contributed by atoms with van der Waals surface area (Å²) in [6, 6.07) is 5.88.